The summed E-state index contributed by atoms with van der Waals surface area (Å²) in [4.78, 5) is 128. The Hall–Kier alpha value is -6.53. The molecule has 0 radical (unpaired) electrons. The minimum absolute atomic E-state index is 0.0321. The number of nitrogens with zero attached hydrogens (tertiary/aromatic N) is 1. The molecule has 2 heterocycles. The average Bonchev–Trinajstić information content (AvgIpc) is 3.95. The summed E-state index contributed by atoms with van der Waals surface area (Å²) >= 11 is 1.58. The molecular formula is C44H68N14O9S. The molecule has 0 spiro atoms. The number of aromatic nitrogens is 3. The number of fused-ring (bicyclic) bond motifs is 1. The van der Waals surface area contributed by atoms with Crippen molar-refractivity contribution in [2.75, 3.05) is 31.6 Å². The minimum atomic E-state index is -1.46. The number of benzene rings is 1. The van der Waals surface area contributed by atoms with E-state index in [4.69, 9.17) is 17.2 Å². The molecule has 0 aliphatic heterocycles. The Morgan fingerprint density at radius 2 is 1.40 bits per heavy atom. The summed E-state index contributed by atoms with van der Waals surface area (Å²) in [6.45, 7) is 7.86. The van der Waals surface area contributed by atoms with Crippen molar-refractivity contribution in [2.24, 2.45) is 29.0 Å². The number of rotatable bonds is 30. The summed E-state index contributed by atoms with van der Waals surface area (Å²) in [5, 5.41) is 22.2. The lowest BCUT2D eigenvalue weighted by Gasteiger charge is -2.27. The second-order valence-corrected chi connectivity index (χ2v) is 18.2. The Bertz CT molecular complexity index is 2180. The third-order valence-corrected chi connectivity index (χ3v) is 11.3. The highest BCUT2D eigenvalue weighted by Gasteiger charge is 2.33. The van der Waals surface area contributed by atoms with Crippen LogP contribution in [0.25, 0.3) is 10.9 Å². The number of hydrogen-bond donors (Lipinski definition) is 13. The van der Waals surface area contributed by atoms with Crippen molar-refractivity contribution in [1.82, 2.24) is 57.5 Å². The summed E-state index contributed by atoms with van der Waals surface area (Å²) in [5.41, 5.74) is 18.3. The van der Waals surface area contributed by atoms with E-state index < -0.39 is 121 Å². The van der Waals surface area contributed by atoms with Crippen LogP contribution in [0.4, 0.5) is 0 Å². The molecule has 2 aromatic heterocycles. The molecule has 7 atom stereocenters. The van der Waals surface area contributed by atoms with Crippen molar-refractivity contribution < 1.29 is 43.2 Å². The van der Waals surface area contributed by atoms with Crippen LogP contribution in [0.2, 0.25) is 0 Å². The highest BCUT2D eigenvalue weighted by atomic mass is 32.2. The summed E-state index contributed by atoms with van der Waals surface area (Å²) in [6.07, 6.45) is 6.95. The molecule has 1 aromatic carbocycles. The fraction of sp³-hybridized carbons (Fsp3) is 0.545. The van der Waals surface area contributed by atoms with Gasteiger partial charge in [0.15, 0.2) is 0 Å². The molecule has 23 nitrogen and oxygen atoms in total. The smallest absolute Gasteiger partial charge is 0.243 e. The molecule has 0 bridgehead atoms. The van der Waals surface area contributed by atoms with Crippen molar-refractivity contribution in [3.8, 4) is 0 Å². The first-order chi connectivity index (χ1) is 32.2. The summed E-state index contributed by atoms with van der Waals surface area (Å²) in [6, 6.07) is -0.152. The van der Waals surface area contributed by atoms with Crippen LogP contribution in [0.5, 0.6) is 0 Å². The van der Waals surface area contributed by atoms with Gasteiger partial charge in [-0.05, 0) is 55.2 Å². The quantitative estimate of drug-likeness (QED) is 0.0328. The predicted molar refractivity (Wildman–Crippen MR) is 256 cm³/mol. The van der Waals surface area contributed by atoms with Crippen LogP contribution in [-0.2, 0) is 56.0 Å². The van der Waals surface area contributed by atoms with E-state index in [9.17, 15) is 43.2 Å². The first-order valence-corrected chi connectivity index (χ1v) is 23.7. The molecule has 0 aliphatic rings. The van der Waals surface area contributed by atoms with Gasteiger partial charge in [-0.3, -0.25) is 43.2 Å². The number of amides is 9. The first kappa shape index (κ1) is 55.8. The molecule has 0 fully saturated rings. The van der Waals surface area contributed by atoms with Crippen molar-refractivity contribution in [1.29, 1.82) is 0 Å². The van der Waals surface area contributed by atoms with Gasteiger partial charge in [0.05, 0.1) is 31.9 Å². The second kappa shape index (κ2) is 28.0. The number of para-hydroxylation sites is 1. The van der Waals surface area contributed by atoms with Gasteiger partial charge in [-0.15, -0.1) is 0 Å². The lowest BCUT2D eigenvalue weighted by atomic mass is 10.0. The Balaban J connectivity index is 1.70. The first-order valence-electron chi connectivity index (χ1n) is 22.3. The number of nitrogens with two attached hydrogens (primary N) is 3. The standard InChI is InChI=1S/C44H68N14O9S/c1-23(2)13-28(20-50-31(39(47)62)11-12-68-6)54-42(65)33(15-27-19-48-22-52-27)56-37(61)21-51-44(67)38(24(3)4)58-40(63)25(5)53-41(64)32(14-26-18-49-30-10-8-7-9-29(26)30)57-43(66)34(16-35(46)59)55-36(60)17-45/h7-10,18-19,22-25,28,31-34,38,49-50H,11-17,20-21,45H2,1-6H3,(H2,46,59)(H2,47,62)(H,48,52)(H,51,67)(H,53,64)(H,54,65)(H,55,60)(H,56,61)(H,57,66)(H,58,63)/t25-,28-,31-,32-,33-,34-,38-/m0/s1. The van der Waals surface area contributed by atoms with Crippen LogP contribution in [0.1, 0.15) is 65.1 Å². The maximum atomic E-state index is 13.9. The fourth-order valence-corrected chi connectivity index (χ4v) is 7.61. The fourth-order valence-electron chi connectivity index (χ4n) is 7.14. The highest BCUT2D eigenvalue weighted by Crippen LogP contribution is 2.19. The second-order valence-electron chi connectivity index (χ2n) is 17.2. The van der Waals surface area contributed by atoms with Crippen LogP contribution < -0.4 is 59.7 Å². The molecule has 0 unspecified atom stereocenters. The molecule has 374 valence electrons. The Kier molecular flexibility index (Phi) is 22.9. The number of carbonyl (C=O) groups excluding carboxylic acids is 9. The van der Waals surface area contributed by atoms with Crippen molar-refractivity contribution in [3.63, 3.8) is 0 Å². The lowest BCUT2D eigenvalue weighted by molar-refractivity contribution is -0.135. The van der Waals surface area contributed by atoms with Gasteiger partial charge in [0.25, 0.3) is 0 Å². The van der Waals surface area contributed by atoms with E-state index in [0.29, 0.717) is 29.9 Å². The zero-order valence-electron chi connectivity index (χ0n) is 39.4. The normalized spacial score (nSPS) is 14.4. The molecule has 0 saturated carbocycles. The number of hydrogen-bond acceptors (Lipinski definition) is 13. The van der Waals surface area contributed by atoms with E-state index >= 15 is 0 Å². The number of carbonyl (C=O) groups is 9. The molecule has 0 saturated heterocycles. The molecule has 68 heavy (non-hydrogen) atoms. The molecular weight excluding hydrogens is 901 g/mol. The number of thioether (sulfide) groups is 1. The van der Waals surface area contributed by atoms with Crippen LogP contribution in [-0.4, -0.2) is 142 Å². The zero-order chi connectivity index (χ0) is 50.5. The molecule has 3 rings (SSSR count). The number of primary amides is 2. The van der Waals surface area contributed by atoms with Gasteiger partial charge in [0, 0.05) is 54.4 Å². The summed E-state index contributed by atoms with van der Waals surface area (Å²) < 4.78 is 0. The Morgan fingerprint density at radius 3 is 2.01 bits per heavy atom. The molecule has 9 amide bonds. The van der Waals surface area contributed by atoms with E-state index in [1.54, 1.807) is 37.9 Å². The predicted octanol–water partition coefficient (Wildman–Crippen LogP) is -2.55. The van der Waals surface area contributed by atoms with Gasteiger partial charge >= 0.3 is 0 Å². The monoisotopic (exact) mass is 969 g/mol. The van der Waals surface area contributed by atoms with E-state index in [1.165, 1.54) is 19.4 Å². The van der Waals surface area contributed by atoms with E-state index in [2.05, 4.69) is 57.5 Å². The maximum Gasteiger partial charge on any atom is 0.243 e. The molecule has 3 aromatic rings. The largest absolute Gasteiger partial charge is 0.370 e. The van der Waals surface area contributed by atoms with Crippen molar-refractivity contribution >= 4 is 75.8 Å². The van der Waals surface area contributed by atoms with E-state index in [-0.39, 0.29) is 25.3 Å². The third-order valence-electron chi connectivity index (χ3n) is 10.7. The third kappa shape index (κ3) is 18.6. The van der Waals surface area contributed by atoms with Gasteiger partial charge in [-0.2, -0.15) is 11.8 Å². The minimum Gasteiger partial charge on any atom is -0.370 e. The summed E-state index contributed by atoms with van der Waals surface area (Å²) in [7, 11) is 0. The molecule has 0 aliphatic carbocycles. The number of H-pyrrole nitrogens is 2. The van der Waals surface area contributed by atoms with Gasteiger partial charge in [-0.25, -0.2) is 4.98 Å². The van der Waals surface area contributed by atoms with Gasteiger partial charge in [0.2, 0.25) is 53.2 Å². The topological polar surface area (TPSA) is 372 Å². The van der Waals surface area contributed by atoms with Crippen LogP contribution in [0.3, 0.4) is 0 Å². The molecule has 16 N–H and O–H groups in total. The number of nitrogens with one attached hydrogen (secondary N) is 10. The van der Waals surface area contributed by atoms with Crippen LogP contribution in [0, 0.1) is 11.8 Å². The number of aromatic amines is 2. The van der Waals surface area contributed by atoms with Crippen molar-refractivity contribution in [2.45, 2.75) is 109 Å². The van der Waals surface area contributed by atoms with E-state index in [1.807, 2.05) is 38.3 Å². The Morgan fingerprint density at radius 1 is 0.735 bits per heavy atom. The zero-order valence-corrected chi connectivity index (χ0v) is 40.2. The van der Waals surface area contributed by atoms with Crippen LogP contribution in [0.15, 0.2) is 43.0 Å². The SMILES string of the molecule is CSCC[C@H](NC[C@H](CC(C)C)NC(=O)[C@H](Cc1cnc[nH]1)NC(=O)CNC(=O)[C@@H](NC(=O)[C@H](C)NC(=O)[C@H](Cc1c[nH]c2ccccc12)NC(=O)[C@H](CC(N)=O)NC(=O)CN)C(C)C)C(N)=O. The van der Waals surface area contributed by atoms with Crippen molar-refractivity contribution in [3.05, 3.63) is 54.2 Å². The maximum absolute atomic E-state index is 13.9. The highest BCUT2D eigenvalue weighted by molar-refractivity contribution is 7.98. The average molecular weight is 969 g/mol. The number of imidazole rings is 1. The summed E-state index contributed by atoms with van der Waals surface area (Å²) in [5.74, 6) is -6.22. The lowest BCUT2D eigenvalue weighted by Crippen LogP contribution is -2.59. The molecule has 24 heteroatoms. The van der Waals surface area contributed by atoms with Crippen LogP contribution >= 0.6 is 11.8 Å². The van der Waals surface area contributed by atoms with Gasteiger partial charge in [-0.1, -0.05) is 45.9 Å². The Labute approximate surface area is 399 Å². The van der Waals surface area contributed by atoms with E-state index in [0.717, 1.165) is 10.9 Å². The van der Waals surface area contributed by atoms with Gasteiger partial charge in [0.1, 0.15) is 30.2 Å². The van der Waals surface area contributed by atoms with Gasteiger partial charge < -0.3 is 69.7 Å².